The molecule has 1 aliphatic heterocycles. The quantitative estimate of drug-likeness (QED) is 0.388. The highest BCUT2D eigenvalue weighted by molar-refractivity contribution is 7.72. The Balaban J connectivity index is 2.16. The van der Waals surface area contributed by atoms with Crippen molar-refractivity contribution in [3.63, 3.8) is 0 Å². The van der Waals surface area contributed by atoms with E-state index in [1.165, 1.54) is 17.6 Å². The van der Waals surface area contributed by atoms with Gasteiger partial charge in [0.2, 0.25) is 0 Å². The van der Waals surface area contributed by atoms with Gasteiger partial charge in [0, 0.05) is 24.0 Å². The zero-order valence-corrected chi connectivity index (χ0v) is 16.5. The summed E-state index contributed by atoms with van der Waals surface area (Å²) in [6.45, 7) is 13.0. The fraction of sp³-hybridized carbons (Fsp3) is 0.789. The third kappa shape index (κ3) is 6.84. The minimum Gasteiger partial charge on any atom is -0.323 e. The van der Waals surface area contributed by atoms with Crippen molar-refractivity contribution in [1.82, 2.24) is 4.90 Å². The van der Waals surface area contributed by atoms with E-state index in [2.05, 4.69) is 58.7 Å². The Hall–Kier alpha value is -0.330. The van der Waals surface area contributed by atoms with Crippen molar-refractivity contribution in [1.29, 1.82) is 0 Å². The van der Waals surface area contributed by atoms with Crippen LogP contribution in [-0.4, -0.2) is 42.5 Å². The summed E-state index contributed by atoms with van der Waals surface area (Å²) in [5.41, 5.74) is 3.83. The van der Waals surface area contributed by atoms with Gasteiger partial charge in [-0.15, -0.1) is 0 Å². The van der Waals surface area contributed by atoms with Gasteiger partial charge in [-0.1, -0.05) is 37.1 Å². The molecule has 0 radical (unpaired) electrons. The number of hydrogen-bond acceptors (Lipinski definition) is 2. The largest absolute Gasteiger partial charge is 0.323 e. The van der Waals surface area contributed by atoms with E-state index >= 15 is 0 Å². The highest BCUT2D eigenvalue weighted by Gasteiger charge is 2.49. The van der Waals surface area contributed by atoms with Crippen LogP contribution >= 0.6 is 7.14 Å². The Bertz CT molecular complexity index is 448. The van der Waals surface area contributed by atoms with Crippen LogP contribution in [0.4, 0.5) is 0 Å². The maximum Gasteiger partial charge on any atom is 0.0942 e. The molecular weight excluding hydrogens is 289 g/mol. The molecule has 1 fully saturated rings. The zero-order chi connectivity index (χ0) is 16.8. The fourth-order valence-corrected chi connectivity index (χ4v) is 6.01. The van der Waals surface area contributed by atoms with E-state index in [-0.39, 0.29) is 0 Å². The summed E-state index contributed by atoms with van der Waals surface area (Å²) in [5, 5.41) is 0. The minimum atomic E-state index is -1.75. The number of rotatable bonds is 10. The summed E-state index contributed by atoms with van der Waals surface area (Å²) in [7, 11) is 0.441. The van der Waals surface area contributed by atoms with Crippen LogP contribution in [0.15, 0.2) is 23.3 Å². The van der Waals surface area contributed by atoms with Crippen molar-refractivity contribution in [2.45, 2.75) is 71.6 Å². The summed E-state index contributed by atoms with van der Waals surface area (Å²) >= 11 is 0. The summed E-state index contributed by atoms with van der Waals surface area (Å²) in [5.74, 6) is 0. The molecule has 0 aromatic heterocycles. The van der Waals surface area contributed by atoms with Crippen LogP contribution < -0.4 is 0 Å². The molecule has 2 nitrogen and oxygen atoms in total. The van der Waals surface area contributed by atoms with Crippen LogP contribution in [0.25, 0.3) is 0 Å². The van der Waals surface area contributed by atoms with Crippen LogP contribution in [-0.2, 0) is 4.57 Å². The van der Waals surface area contributed by atoms with Crippen molar-refractivity contribution >= 4 is 7.14 Å². The third-order valence-electron chi connectivity index (χ3n) is 4.91. The zero-order valence-electron chi connectivity index (χ0n) is 15.6. The summed E-state index contributed by atoms with van der Waals surface area (Å²) in [4.78, 5) is 2.38. The second-order valence-electron chi connectivity index (χ2n) is 7.51. The van der Waals surface area contributed by atoms with E-state index in [4.69, 9.17) is 0 Å². The first-order chi connectivity index (χ1) is 10.3. The first kappa shape index (κ1) is 19.7. The molecule has 0 bridgehead atoms. The Kier molecular flexibility index (Phi) is 8.14. The van der Waals surface area contributed by atoms with E-state index in [9.17, 15) is 4.57 Å². The van der Waals surface area contributed by atoms with Crippen LogP contribution in [0.3, 0.4) is 0 Å². The van der Waals surface area contributed by atoms with E-state index in [0.29, 0.717) is 11.3 Å². The fourth-order valence-electron chi connectivity index (χ4n) is 2.95. The highest BCUT2D eigenvalue weighted by atomic mass is 31.2. The van der Waals surface area contributed by atoms with Crippen LogP contribution in [0.2, 0.25) is 0 Å². The van der Waals surface area contributed by atoms with Crippen molar-refractivity contribution in [2.24, 2.45) is 0 Å². The molecule has 0 amide bonds. The van der Waals surface area contributed by atoms with E-state index < -0.39 is 7.14 Å². The Morgan fingerprint density at radius 2 is 1.95 bits per heavy atom. The van der Waals surface area contributed by atoms with Crippen LogP contribution in [0.1, 0.15) is 60.3 Å². The SMILES string of the molecule is CC(C)=CCC/C(C)=C/CN(C)CCCC(C)P1(=O)CC1C. The van der Waals surface area contributed by atoms with Gasteiger partial charge in [0.1, 0.15) is 0 Å². The standard InChI is InChI=1S/C19H36NOP/c1-16(2)9-7-10-17(3)12-14-20(6)13-8-11-18(4)22(21)15-19(22)5/h9,12,18-19H,7-8,10-11,13-15H2,1-6H3/b17-12+. The number of likely N-dealkylation sites (N-methyl/N-ethyl adjacent to an activating group) is 1. The number of allylic oxidation sites excluding steroid dienone is 3. The first-order valence-corrected chi connectivity index (χ1v) is 10.8. The summed E-state index contributed by atoms with van der Waals surface area (Å²) < 4.78 is 12.4. The monoisotopic (exact) mass is 325 g/mol. The molecule has 3 atom stereocenters. The Morgan fingerprint density at radius 1 is 1.32 bits per heavy atom. The first-order valence-electron chi connectivity index (χ1n) is 8.81. The molecule has 3 heteroatoms. The summed E-state index contributed by atoms with van der Waals surface area (Å²) in [6.07, 6.45) is 10.3. The lowest BCUT2D eigenvalue weighted by Crippen LogP contribution is -2.20. The molecule has 0 aromatic rings. The minimum absolute atomic E-state index is 0.442. The molecule has 0 N–H and O–H groups in total. The average Bonchev–Trinajstić information content (AvgIpc) is 3.05. The molecule has 0 aromatic carbocycles. The third-order valence-corrected chi connectivity index (χ3v) is 8.99. The van der Waals surface area contributed by atoms with E-state index in [1.807, 2.05) is 0 Å². The van der Waals surface area contributed by atoms with Gasteiger partial charge in [0.25, 0.3) is 0 Å². The predicted octanol–water partition coefficient (Wildman–Crippen LogP) is 5.54. The van der Waals surface area contributed by atoms with Crippen molar-refractivity contribution in [3.05, 3.63) is 23.3 Å². The average molecular weight is 325 g/mol. The van der Waals surface area contributed by atoms with Gasteiger partial charge >= 0.3 is 0 Å². The molecule has 0 aliphatic carbocycles. The second-order valence-corrected chi connectivity index (χ2v) is 11.3. The van der Waals surface area contributed by atoms with Gasteiger partial charge in [-0.25, -0.2) is 0 Å². The van der Waals surface area contributed by atoms with Crippen molar-refractivity contribution in [2.75, 3.05) is 26.3 Å². The molecule has 0 saturated carbocycles. The summed E-state index contributed by atoms with van der Waals surface area (Å²) in [6, 6.07) is 0. The molecule has 1 saturated heterocycles. The number of nitrogens with zero attached hydrogens (tertiary/aromatic N) is 1. The molecule has 3 unspecified atom stereocenters. The maximum absolute atomic E-state index is 12.4. The predicted molar refractivity (Wildman–Crippen MR) is 101 cm³/mol. The molecule has 1 rings (SSSR count). The Morgan fingerprint density at radius 3 is 2.50 bits per heavy atom. The molecule has 1 aliphatic rings. The van der Waals surface area contributed by atoms with Gasteiger partial charge in [-0.3, -0.25) is 0 Å². The van der Waals surface area contributed by atoms with Gasteiger partial charge in [0.05, 0.1) is 7.14 Å². The Labute approximate surface area is 138 Å². The highest BCUT2D eigenvalue weighted by Crippen LogP contribution is 2.71. The topological polar surface area (TPSA) is 20.3 Å². The van der Waals surface area contributed by atoms with Gasteiger partial charge in [0.15, 0.2) is 0 Å². The molecule has 22 heavy (non-hydrogen) atoms. The lowest BCUT2D eigenvalue weighted by atomic mass is 10.1. The van der Waals surface area contributed by atoms with Crippen molar-refractivity contribution in [3.8, 4) is 0 Å². The maximum atomic E-state index is 12.4. The van der Waals surface area contributed by atoms with E-state index in [0.717, 1.165) is 38.5 Å². The lowest BCUT2D eigenvalue weighted by molar-refractivity contribution is 0.358. The second kappa shape index (κ2) is 9.08. The normalized spacial score (nSPS) is 26.1. The van der Waals surface area contributed by atoms with Crippen LogP contribution in [0, 0.1) is 0 Å². The van der Waals surface area contributed by atoms with Gasteiger partial charge in [-0.2, -0.15) is 0 Å². The van der Waals surface area contributed by atoms with Gasteiger partial charge in [-0.05, 0) is 60.0 Å². The molecular formula is C19H36NOP. The lowest BCUT2D eigenvalue weighted by Gasteiger charge is -2.17. The van der Waals surface area contributed by atoms with Gasteiger partial charge < -0.3 is 9.46 Å². The molecule has 128 valence electrons. The van der Waals surface area contributed by atoms with E-state index in [1.54, 1.807) is 0 Å². The molecule has 0 spiro atoms. The number of hydrogen-bond donors (Lipinski definition) is 0. The molecule has 1 heterocycles. The smallest absolute Gasteiger partial charge is 0.0942 e. The van der Waals surface area contributed by atoms with Crippen molar-refractivity contribution < 1.29 is 4.57 Å². The van der Waals surface area contributed by atoms with Crippen LogP contribution in [0.5, 0.6) is 0 Å².